The minimum absolute atomic E-state index is 0.0547. The first-order valence-electron chi connectivity index (χ1n) is 5.63. The van der Waals surface area contributed by atoms with E-state index in [1.807, 2.05) is 0 Å². The van der Waals surface area contributed by atoms with Crippen LogP contribution in [-0.4, -0.2) is 26.7 Å². The summed E-state index contributed by atoms with van der Waals surface area (Å²) in [5.41, 5.74) is 0.253. The first-order valence-corrected chi connectivity index (χ1v) is 7.18. The molecule has 0 spiro atoms. The second-order valence-corrected chi connectivity index (χ2v) is 5.43. The molecular weight excluding hydrogens is 271 g/mol. The number of benzene rings is 1. The number of nitrogens with zero attached hydrogens (tertiary/aromatic N) is 1. The minimum Gasteiger partial charge on any atom is -0.493 e. The van der Waals surface area contributed by atoms with Gasteiger partial charge in [0.25, 0.3) is 0 Å². The lowest BCUT2D eigenvalue weighted by molar-refractivity contribution is 0.292. The second kappa shape index (κ2) is 5.50. The van der Waals surface area contributed by atoms with Crippen molar-refractivity contribution in [2.24, 2.45) is 5.14 Å². The molecule has 0 atom stereocenters. The number of hydrogen-bond donors (Lipinski definition) is 1. The van der Waals surface area contributed by atoms with Crippen LogP contribution in [0.25, 0.3) is 10.9 Å². The van der Waals surface area contributed by atoms with E-state index in [1.165, 1.54) is 18.3 Å². The number of pyridine rings is 1. The van der Waals surface area contributed by atoms with Crippen LogP contribution in [-0.2, 0) is 10.0 Å². The maximum absolute atomic E-state index is 12.0. The van der Waals surface area contributed by atoms with Crippen molar-refractivity contribution in [1.29, 1.82) is 0 Å². The summed E-state index contributed by atoms with van der Waals surface area (Å²) in [7, 11) is -3.85. The van der Waals surface area contributed by atoms with Gasteiger partial charge in [-0.3, -0.25) is 9.37 Å². The molecule has 1 aromatic heterocycles. The number of primary sulfonamides is 1. The number of fused-ring (bicyclic) bond motifs is 1. The van der Waals surface area contributed by atoms with E-state index in [4.69, 9.17) is 9.88 Å². The highest BCUT2D eigenvalue weighted by Gasteiger charge is 2.15. The Morgan fingerprint density at radius 3 is 2.79 bits per heavy atom. The lowest BCUT2D eigenvalue weighted by Crippen LogP contribution is -2.13. The number of rotatable bonds is 5. The van der Waals surface area contributed by atoms with Gasteiger partial charge in [0.2, 0.25) is 10.0 Å². The van der Waals surface area contributed by atoms with Gasteiger partial charge in [-0.1, -0.05) is 0 Å². The molecule has 0 fully saturated rings. The fourth-order valence-corrected chi connectivity index (χ4v) is 2.40. The van der Waals surface area contributed by atoms with Gasteiger partial charge in [-0.25, -0.2) is 13.6 Å². The molecule has 5 nitrogen and oxygen atoms in total. The van der Waals surface area contributed by atoms with Gasteiger partial charge in [0.1, 0.15) is 10.6 Å². The van der Waals surface area contributed by atoms with Crippen LogP contribution in [0.15, 0.2) is 35.4 Å². The maximum Gasteiger partial charge on any atom is 0.240 e. The van der Waals surface area contributed by atoms with E-state index in [1.54, 1.807) is 12.1 Å². The lowest BCUT2D eigenvalue weighted by atomic mass is 10.2. The molecule has 0 aliphatic heterocycles. The Morgan fingerprint density at radius 2 is 2.11 bits per heavy atom. The maximum atomic E-state index is 12.0. The van der Waals surface area contributed by atoms with Crippen molar-refractivity contribution in [1.82, 2.24) is 4.98 Å². The Kier molecular flexibility index (Phi) is 3.96. The molecule has 0 aliphatic carbocycles. The molecule has 102 valence electrons. The van der Waals surface area contributed by atoms with E-state index in [0.717, 1.165) is 0 Å². The third kappa shape index (κ3) is 2.99. The third-order valence-corrected chi connectivity index (χ3v) is 3.48. The summed E-state index contributed by atoms with van der Waals surface area (Å²) in [5.74, 6) is 0.462. The molecular formula is C12H13FN2O3S. The van der Waals surface area contributed by atoms with Gasteiger partial charge in [-0.2, -0.15) is 0 Å². The zero-order chi connectivity index (χ0) is 13.9. The molecule has 2 rings (SSSR count). The summed E-state index contributed by atoms with van der Waals surface area (Å²) < 4.78 is 40.4. The number of halogens is 1. The van der Waals surface area contributed by atoms with E-state index < -0.39 is 16.7 Å². The molecule has 0 bridgehead atoms. The van der Waals surface area contributed by atoms with Crippen molar-refractivity contribution in [2.45, 2.75) is 11.3 Å². The number of ether oxygens (including phenoxy) is 1. The fraction of sp³-hybridized carbons (Fsp3) is 0.250. The average Bonchev–Trinajstić information content (AvgIpc) is 2.37. The zero-order valence-electron chi connectivity index (χ0n) is 10.0. The standard InChI is InChI=1S/C12H13FN2O3S/c13-6-2-8-18-10-4-5-11(19(14,16)17)12-9(10)3-1-7-15-12/h1,3-5,7H,2,6,8H2,(H2,14,16,17). The summed E-state index contributed by atoms with van der Waals surface area (Å²) in [4.78, 5) is 3.97. The molecule has 2 N–H and O–H groups in total. The summed E-state index contributed by atoms with van der Waals surface area (Å²) in [6.07, 6.45) is 1.75. The first-order chi connectivity index (χ1) is 9.04. The van der Waals surface area contributed by atoms with Gasteiger partial charge in [0.05, 0.1) is 18.8 Å². The number of nitrogens with two attached hydrogens (primary N) is 1. The molecule has 2 aromatic rings. The fourth-order valence-electron chi connectivity index (χ4n) is 1.71. The van der Waals surface area contributed by atoms with Crippen LogP contribution in [0, 0.1) is 0 Å². The Morgan fingerprint density at radius 1 is 1.32 bits per heavy atom. The normalized spacial score (nSPS) is 11.7. The van der Waals surface area contributed by atoms with Crippen LogP contribution >= 0.6 is 0 Å². The lowest BCUT2D eigenvalue weighted by Gasteiger charge is -2.10. The van der Waals surface area contributed by atoms with Gasteiger partial charge in [0.15, 0.2) is 0 Å². The predicted molar refractivity (Wildman–Crippen MR) is 69.2 cm³/mol. The van der Waals surface area contributed by atoms with E-state index in [-0.39, 0.29) is 23.4 Å². The minimum atomic E-state index is -3.85. The largest absolute Gasteiger partial charge is 0.493 e. The third-order valence-electron chi connectivity index (χ3n) is 2.53. The van der Waals surface area contributed by atoms with Crippen LogP contribution in [0.2, 0.25) is 0 Å². The van der Waals surface area contributed by atoms with Crippen molar-refractivity contribution in [3.8, 4) is 5.75 Å². The van der Waals surface area contributed by atoms with Gasteiger partial charge in [-0.05, 0) is 24.3 Å². The van der Waals surface area contributed by atoms with E-state index >= 15 is 0 Å². The molecule has 1 heterocycles. The topological polar surface area (TPSA) is 82.3 Å². The molecule has 0 radical (unpaired) electrons. The molecule has 0 amide bonds. The number of hydrogen-bond acceptors (Lipinski definition) is 4. The molecule has 0 saturated carbocycles. The molecule has 19 heavy (non-hydrogen) atoms. The summed E-state index contributed by atoms with van der Waals surface area (Å²) in [5, 5.41) is 5.67. The van der Waals surface area contributed by atoms with Crippen molar-refractivity contribution >= 4 is 20.9 Å². The highest BCUT2D eigenvalue weighted by atomic mass is 32.2. The second-order valence-electron chi connectivity index (χ2n) is 3.90. The summed E-state index contributed by atoms with van der Waals surface area (Å²) >= 11 is 0. The van der Waals surface area contributed by atoms with Gasteiger partial charge in [-0.15, -0.1) is 0 Å². The highest BCUT2D eigenvalue weighted by molar-refractivity contribution is 7.89. The van der Waals surface area contributed by atoms with Gasteiger partial charge < -0.3 is 4.74 Å². The Balaban J connectivity index is 2.52. The van der Waals surface area contributed by atoms with Crippen molar-refractivity contribution in [2.75, 3.05) is 13.3 Å². The number of sulfonamides is 1. The molecule has 1 aromatic carbocycles. The Labute approximate surface area is 110 Å². The average molecular weight is 284 g/mol. The predicted octanol–water partition coefficient (Wildman–Crippen LogP) is 1.62. The van der Waals surface area contributed by atoms with Crippen LogP contribution in [0.4, 0.5) is 4.39 Å². The number of aromatic nitrogens is 1. The quantitative estimate of drug-likeness (QED) is 0.846. The Hall–Kier alpha value is -1.73. The van der Waals surface area contributed by atoms with Crippen molar-refractivity contribution < 1.29 is 17.5 Å². The zero-order valence-corrected chi connectivity index (χ0v) is 10.9. The molecule has 0 saturated heterocycles. The van der Waals surface area contributed by atoms with Crippen LogP contribution in [0.3, 0.4) is 0 Å². The molecule has 0 unspecified atom stereocenters. The first kappa shape index (κ1) is 13.7. The van der Waals surface area contributed by atoms with Crippen LogP contribution < -0.4 is 9.88 Å². The van der Waals surface area contributed by atoms with E-state index in [0.29, 0.717) is 11.1 Å². The van der Waals surface area contributed by atoms with Crippen molar-refractivity contribution in [3.05, 3.63) is 30.5 Å². The Bertz CT molecular complexity index is 688. The number of alkyl halides is 1. The monoisotopic (exact) mass is 284 g/mol. The summed E-state index contributed by atoms with van der Waals surface area (Å²) in [6, 6.07) is 6.19. The van der Waals surface area contributed by atoms with Crippen LogP contribution in [0.5, 0.6) is 5.75 Å². The van der Waals surface area contributed by atoms with Crippen molar-refractivity contribution in [3.63, 3.8) is 0 Å². The van der Waals surface area contributed by atoms with Gasteiger partial charge in [0, 0.05) is 18.0 Å². The molecule has 7 heteroatoms. The van der Waals surface area contributed by atoms with E-state index in [9.17, 15) is 12.8 Å². The van der Waals surface area contributed by atoms with Gasteiger partial charge >= 0.3 is 0 Å². The smallest absolute Gasteiger partial charge is 0.240 e. The summed E-state index contributed by atoms with van der Waals surface area (Å²) in [6.45, 7) is -0.249. The van der Waals surface area contributed by atoms with E-state index in [2.05, 4.69) is 4.98 Å². The highest BCUT2D eigenvalue weighted by Crippen LogP contribution is 2.28. The SMILES string of the molecule is NS(=O)(=O)c1ccc(OCCCF)c2cccnc12. The molecule has 0 aliphatic rings. The van der Waals surface area contributed by atoms with Crippen LogP contribution in [0.1, 0.15) is 6.42 Å².